The number of rotatable bonds is 5. The summed E-state index contributed by atoms with van der Waals surface area (Å²) < 4.78 is 5.60. The molecule has 5 rings (SSSR count). The van der Waals surface area contributed by atoms with Crippen molar-refractivity contribution >= 4 is 23.4 Å². The fourth-order valence-electron chi connectivity index (χ4n) is 4.56. The van der Waals surface area contributed by atoms with E-state index in [0.29, 0.717) is 40.0 Å². The van der Waals surface area contributed by atoms with Gasteiger partial charge in [-0.2, -0.15) is 0 Å². The smallest absolute Gasteiger partial charge is 0.257 e. The maximum Gasteiger partial charge on any atom is 0.257 e. The molecule has 0 bridgehead atoms. The van der Waals surface area contributed by atoms with Gasteiger partial charge in [0.15, 0.2) is 10.9 Å². The number of nitrogens with zero attached hydrogens (tertiary/aromatic N) is 1. The van der Waals surface area contributed by atoms with Crippen molar-refractivity contribution in [3.8, 4) is 5.75 Å². The zero-order valence-corrected chi connectivity index (χ0v) is 19.4. The molecule has 0 spiro atoms. The van der Waals surface area contributed by atoms with E-state index in [4.69, 9.17) is 9.72 Å². The number of methoxy groups -OCH3 is 1. The number of hydrogen-bond acceptors (Lipinski definition) is 6. The van der Waals surface area contributed by atoms with Crippen LogP contribution in [0.4, 0.5) is 5.82 Å². The highest BCUT2D eigenvalue weighted by Gasteiger charge is 2.39. The van der Waals surface area contributed by atoms with Crippen LogP contribution in [0, 0.1) is 6.92 Å². The second-order valence-electron chi connectivity index (χ2n) is 8.38. The van der Waals surface area contributed by atoms with Crippen molar-refractivity contribution in [1.82, 2.24) is 9.97 Å². The zero-order valence-electron chi connectivity index (χ0n) is 18.6. The summed E-state index contributed by atoms with van der Waals surface area (Å²) in [7, 11) is 1.60. The number of Topliss-reactive ketones (excluding diaryl/α,β-unsaturated/α-hetero) is 1. The normalized spacial score (nSPS) is 17.3. The van der Waals surface area contributed by atoms with E-state index >= 15 is 0 Å². The van der Waals surface area contributed by atoms with Gasteiger partial charge >= 0.3 is 0 Å². The Morgan fingerprint density at radius 1 is 1.09 bits per heavy atom. The summed E-state index contributed by atoms with van der Waals surface area (Å²) in [4.78, 5) is 34.1. The van der Waals surface area contributed by atoms with Crippen molar-refractivity contribution in [2.75, 3.05) is 12.4 Å². The van der Waals surface area contributed by atoms with E-state index in [9.17, 15) is 9.59 Å². The van der Waals surface area contributed by atoms with Crippen molar-refractivity contribution in [3.63, 3.8) is 0 Å². The number of nitrogens with one attached hydrogen (secondary N) is 2. The summed E-state index contributed by atoms with van der Waals surface area (Å²) in [6.07, 6.45) is 2.03. The Hall–Kier alpha value is -3.32. The van der Waals surface area contributed by atoms with Crippen LogP contribution in [0.1, 0.15) is 47.4 Å². The number of anilines is 1. The SMILES string of the molecule is COc1ccccc1C1C2=C(CCCC2=O)Nc2nc(SCc3ccc(C)cc3)[nH]c(=O)c21. The minimum atomic E-state index is -0.507. The number of ketones is 1. The summed E-state index contributed by atoms with van der Waals surface area (Å²) in [5.41, 5.74) is 4.93. The molecule has 33 heavy (non-hydrogen) atoms. The van der Waals surface area contributed by atoms with E-state index in [-0.39, 0.29) is 11.3 Å². The molecular weight excluding hydrogens is 434 g/mol. The fraction of sp³-hybridized carbons (Fsp3) is 0.269. The molecule has 0 radical (unpaired) electrons. The van der Waals surface area contributed by atoms with E-state index in [0.717, 1.165) is 29.7 Å². The summed E-state index contributed by atoms with van der Waals surface area (Å²) in [6.45, 7) is 2.06. The number of thioether (sulfide) groups is 1. The molecule has 1 aliphatic heterocycles. The van der Waals surface area contributed by atoms with Gasteiger partial charge in [-0.3, -0.25) is 9.59 Å². The molecule has 1 aliphatic carbocycles. The van der Waals surface area contributed by atoms with Crippen LogP contribution in [-0.2, 0) is 10.5 Å². The Labute approximate surface area is 196 Å². The van der Waals surface area contributed by atoms with Crippen LogP contribution < -0.4 is 15.6 Å². The molecule has 6 nitrogen and oxygen atoms in total. The number of H-pyrrole nitrogens is 1. The predicted molar refractivity (Wildman–Crippen MR) is 130 cm³/mol. The molecule has 168 valence electrons. The highest BCUT2D eigenvalue weighted by Crippen LogP contribution is 2.45. The number of aromatic amines is 1. The van der Waals surface area contributed by atoms with Gasteiger partial charge in [0.25, 0.3) is 5.56 Å². The van der Waals surface area contributed by atoms with Crippen molar-refractivity contribution in [3.05, 3.63) is 92.4 Å². The standard InChI is InChI=1S/C26H25N3O3S/c1-15-10-12-16(13-11-15)14-33-26-28-24-23(25(31)29-26)21(17-6-3-4-9-20(17)32-2)22-18(27-24)7-5-8-19(22)30/h3-4,6,9-13,21H,5,7-8,14H2,1-2H3,(H2,27,28,29,31). The van der Waals surface area contributed by atoms with Crippen molar-refractivity contribution in [2.45, 2.75) is 43.0 Å². The zero-order chi connectivity index (χ0) is 22.9. The number of fused-ring (bicyclic) bond motifs is 1. The molecule has 1 unspecified atom stereocenters. The van der Waals surface area contributed by atoms with E-state index in [2.05, 4.69) is 41.5 Å². The van der Waals surface area contributed by atoms with Gasteiger partial charge in [-0.05, 0) is 31.4 Å². The average Bonchev–Trinajstić information content (AvgIpc) is 2.82. The van der Waals surface area contributed by atoms with Crippen LogP contribution in [0.3, 0.4) is 0 Å². The van der Waals surface area contributed by atoms with E-state index < -0.39 is 5.92 Å². The van der Waals surface area contributed by atoms with E-state index in [1.54, 1.807) is 7.11 Å². The number of hydrogen-bond donors (Lipinski definition) is 2. The number of allylic oxidation sites excluding steroid dienone is 2. The van der Waals surface area contributed by atoms with Gasteiger partial charge in [-0.1, -0.05) is 59.8 Å². The second kappa shape index (κ2) is 8.90. The van der Waals surface area contributed by atoms with Crippen molar-refractivity contribution in [2.24, 2.45) is 0 Å². The largest absolute Gasteiger partial charge is 0.496 e. The molecule has 0 saturated heterocycles. The summed E-state index contributed by atoms with van der Waals surface area (Å²) in [6, 6.07) is 15.9. The third-order valence-corrected chi connectivity index (χ3v) is 7.13. The summed E-state index contributed by atoms with van der Waals surface area (Å²) >= 11 is 1.49. The Kier molecular flexibility index (Phi) is 5.81. The first kappa shape index (κ1) is 21.5. The number of aryl methyl sites for hydroxylation is 1. The van der Waals surface area contributed by atoms with Crippen LogP contribution in [0.2, 0.25) is 0 Å². The Balaban J connectivity index is 1.57. The quantitative estimate of drug-likeness (QED) is 0.415. The Morgan fingerprint density at radius 3 is 2.67 bits per heavy atom. The third kappa shape index (κ3) is 4.09. The highest BCUT2D eigenvalue weighted by molar-refractivity contribution is 7.98. The molecule has 3 aromatic rings. The molecule has 0 amide bonds. The van der Waals surface area contributed by atoms with Gasteiger partial charge in [-0.25, -0.2) is 4.98 Å². The molecule has 0 saturated carbocycles. The van der Waals surface area contributed by atoms with Crippen LogP contribution >= 0.6 is 11.8 Å². The van der Waals surface area contributed by atoms with Gasteiger partial charge < -0.3 is 15.0 Å². The summed E-state index contributed by atoms with van der Waals surface area (Å²) in [5, 5.41) is 3.88. The predicted octanol–water partition coefficient (Wildman–Crippen LogP) is 4.94. The molecule has 2 heterocycles. The lowest BCUT2D eigenvalue weighted by Crippen LogP contribution is -2.32. The van der Waals surface area contributed by atoms with E-state index in [1.807, 2.05) is 24.3 Å². The van der Waals surface area contributed by atoms with Gasteiger partial charge in [0.1, 0.15) is 11.6 Å². The van der Waals surface area contributed by atoms with E-state index in [1.165, 1.54) is 17.3 Å². The first-order valence-electron chi connectivity index (χ1n) is 11.0. The maximum atomic E-state index is 13.4. The monoisotopic (exact) mass is 459 g/mol. The topological polar surface area (TPSA) is 84.1 Å². The molecule has 1 atom stereocenters. The van der Waals surface area contributed by atoms with Crippen LogP contribution in [0.5, 0.6) is 5.75 Å². The van der Waals surface area contributed by atoms with Crippen molar-refractivity contribution in [1.29, 1.82) is 0 Å². The minimum absolute atomic E-state index is 0.0718. The van der Waals surface area contributed by atoms with Crippen molar-refractivity contribution < 1.29 is 9.53 Å². The van der Waals surface area contributed by atoms with Crippen LogP contribution in [-0.4, -0.2) is 22.9 Å². The van der Waals surface area contributed by atoms with Gasteiger partial charge in [0.2, 0.25) is 0 Å². The van der Waals surface area contributed by atoms with Gasteiger partial charge in [0, 0.05) is 29.0 Å². The molecular formula is C26H25N3O3S. The van der Waals surface area contributed by atoms with Gasteiger partial charge in [-0.15, -0.1) is 0 Å². The molecule has 0 fully saturated rings. The third-order valence-electron chi connectivity index (χ3n) is 6.18. The lowest BCUT2D eigenvalue weighted by Gasteiger charge is -2.33. The lowest BCUT2D eigenvalue weighted by molar-refractivity contribution is -0.116. The highest BCUT2D eigenvalue weighted by atomic mass is 32.2. The number of para-hydroxylation sites is 1. The molecule has 2 N–H and O–H groups in total. The van der Waals surface area contributed by atoms with Crippen LogP contribution in [0.15, 0.2) is 69.8 Å². The second-order valence-corrected chi connectivity index (χ2v) is 9.34. The lowest BCUT2D eigenvalue weighted by atomic mass is 9.76. The van der Waals surface area contributed by atoms with Crippen LogP contribution in [0.25, 0.3) is 0 Å². The molecule has 2 aliphatic rings. The molecule has 2 aromatic carbocycles. The number of benzene rings is 2. The number of aromatic nitrogens is 2. The average molecular weight is 460 g/mol. The minimum Gasteiger partial charge on any atom is -0.496 e. The first-order valence-corrected chi connectivity index (χ1v) is 12.0. The number of ether oxygens (including phenoxy) is 1. The number of carbonyl (C=O) groups excluding carboxylic acids is 1. The molecule has 7 heteroatoms. The Bertz CT molecular complexity index is 1310. The fourth-order valence-corrected chi connectivity index (χ4v) is 5.38. The summed E-state index contributed by atoms with van der Waals surface area (Å²) in [5.74, 6) is 1.44. The molecule has 1 aromatic heterocycles. The first-order chi connectivity index (χ1) is 16.0. The maximum absolute atomic E-state index is 13.4. The van der Waals surface area contributed by atoms with Gasteiger partial charge in [0.05, 0.1) is 18.6 Å². The Morgan fingerprint density at radius 2 is 1.88 bits per heavy atom. The number of carbonyl (C=O) groups is 1.